The van der Waals surface area contributed by atoms with Gasteiger partial charge in [-0.25, -0.2) is 4.79 Å². The number of hydrogen-bond acceptors (Lipinski definition) is 6. The van der Waals surface area contributed by atoms with E-state index in [2.05, 4.69) is 9.73 Å². The van der Waals surface area contributed by atoms with Gasteiger partial charge in [-0.3, -0.25) is 9.79 Å². The molecule has 108 valence electrons. The number of esters is 1. The van der Waals surface area contributed by atoms with Crippen LogP contribution >= 0.6 is 0 Å². The van der Waals surface area contributed by atoms with E-state index >= 15 is 0 Å². The van der Waals surface area contributed by atoms with E-state index in [1.54, 1.807) is 31.4 Å². The lowest BCUT2D eigenvalue weighted by Crippen LogP contribution is -2.43. The van der Waals surface area contributed by atoms with Crippen LogP contribution in [0.5, 0.6) is 5.75 Å². The Hall–Kier alpha value is -2.41. The van der Waals surface area contributed by atoms with Crippen LogP contribution in [0.1, 0.15) is 5.56 Å². The lowest BCUT2D eigenvalue weighted by molar-refractivity contribution is -0.139. The monoisotopic (exact) mass is 280 g/mol. The van der Waals surface area contributed by atoms with Crippen molar-refractivity contribution in [2.75, 3.05) is 14.2 Å². The molecule has 3 N–H and O–H groups in total. The molecule has 0 spiro atoms. The van der Waals surface area contributed by atoms with E-state index in [-0.39, 0.29) is 12.3 Å². The standard InChI is InChI=1S/C13H16N2O5/c1-19-9-5-3-8(4-6-9)7-15-11(13(18)20-2)10(14)12(16)17/h3-6,10H,7,14H2,1-2H3,(H,16,17). The van der Waals surface area contributed by atoms with Gasteiger partial charge in [-0.15, -0.1) is 0 Å². The highest BCUT2D eigenvalue weighted by molar-refractivity contribution is 6.42. The number of aliphatic imine (C=N–C) groups is 1. The van der Waals surface area contributed by atoms with Gasteiger partial charge in [-0.1, -0.05) is 12.1 Å². The minimum absolute atomic E-state index is 0.120. The first kappa shape index (κ1) is 15.6. The highest BCUT2D eigenvalue weighted by Gasteiger charge is 2.26. The molecule has 1 aromatic carbocycles. The normalized spacial score (nSPS) is 12.7. The topological polar surface area (TPSA) is 111 Å². The number of benzene rings is 1. The molecule has 0 amide bonds. The van der Waals surface area contributed by atoms with E-state index in [1.807, 2.05) is 0 Å². The number of carbonyl (C=O) groups excluding carboxylic acids is 1. The number of carboxylic acid groups (broad SMARTS) is 1. The molecule has 1 atom stereocenters. The van der Waals surface area contributed by atoms with Crippen molar-refractivity contribution in [1.29, 1.82) is 0 Å². The lowest BCUT2D eigenvalue weighted by atomic mass is 10.1. The van der Waals surface area contributed by atoms with Gasteiger partial charge in [0, 0.05) is 0 Å². The van der Waals surface area contributed by atoms with E-state index in [1.165, 1.54) is 0 Å². The zero-order valence-electron chi connectivity index (χ0n) is 11.2. The molecule has 0 saturated heterocycles. The van der Waals surface area contributed by atoms with Crippen molar-refractivity contribution in [3.63, 3.8) is 0 Å². The Labute approximate surface area is 116 Å². The summed E-state index contributed by atoms with van der Waals surface area (Å²) in [7, 11) is 2.69. The summed E-state index contributed by atoms with van der Waals surface area (Å²) < 4.78 is 9.49. The van der Waals surface area contributed by atoms with Crippen LogP contribution < -0.4 is 10.5 Å². The maximum absolute atomic E-state index is 11.5. The highest BCUT2D eigenvalue weighted by Crippen LogP contribution is 2.12. The number of rotatable bonds is 6. The summed E-state index contributed by atoms with van der Waals surface area (Å²) in [5, 5.41) is 8.83. The summed E-state index contributed by atoms with van der Waals surface area (Å²) in [6.07, 6.45) is 0. The van der Waals surface area contributed by atoms with Crippen LogP contribution in [0.4, 0.5) is 0 Å². The van der Waals surface area contributed by atoms with Gasteiger partial charge >= 0.3 is 11.9 Å². The molecule has 1 unspecified atom stereocenters. The van der Waals surface area contributed by atoms with Gasteiger partial charge in [-0.2, -0.15) is 0 Å². The van der Waals surface area contributed by atoms with Crippen molar-refractivity contribution in [2.24, 2.45) is 10.7 Å². The number of hydrogen-bond donors (Lipinski definition) is 2. The Bertz CT molecular complexity index is 510. The third kappa shape index (κ3) is 4.06. The zero-order valence-corrected chi connectivity index (χ0v) is 11.2. The molecule has 20 heavy (non-hydrogen) atoms. The molecule has 7 heteroatoms. The van der Waals surface area contributed by atoms with Crippen molar-refractivity contribution in [3.8, 4) is 5.75 Å². The van der Waals surface area contributed by atoms with E-state index in [9.17, 15) is 9.59 Å². The lowest BCUT2D eigenvalue weighted by Gasteiger charge is -2.09. The number of ether oxygens (including phenoxy) is 2. The molecule has 0 aliphatic heterocycles. The van der Waals surface area contributed by atoms with Crippen molar-refractivity contribution in [1.82, 2.24) is 0 Å². The van der Waals surface area contributed by atoms with Gasteiger partial charge < -0.3 is 20.3 Å². The predicted molar refractivity (Wildman–Crippen MR) is 71.8 cm³/mol. The third-order valence-corrected chi connectivity index (χ3v) is 2.55. The summed E-state index contributed by atoms with van der Waals surface area (Å²) in [6.45, 7) is 0.120. The molecule has 0 fully saturated rings. The predicted octanol–water partition coefficient (Wildman–Crippen LogP) is 0.221. The Morgan fingerprint density at radius 3 is 2.35 bits per heavy atom. The van der Waals surface area contributed by atoms with Crippen molar-refractivity contribution >= 4 is 17.7 Å². The molecule has 7 nitrogen and oxygen atoms in total. The van der Waals surface area contributed by atoms with E-state index in [0.29, 0.717) is 5.75 Å². The van der Waals surface area contributed by atoms with Crippen LogP contribution in [0.3, 0.4) is 0 Å². The number of methoxy groups -OCH3 is 2. The molecule has 0 heterocycles. The van der Waals surface area contributed by atoms with Gasteiger partial charge in [0.15, 0.2) is 6.04 Å². The molecule has 0 aromatic heterocycles. The Balaban J connectivity index is 2.90. The second kappa shape index (κ2) is 7.25. The number of nitrogens with zero attached hydrogens (tertiary/aromatic N) is 1. The van der Waals surface area contributed by atoms with Crippen molar-refractivity contribution < 1.29 is 24.2 Å². The van der Waals surface area contributed by atoms with Crippen LogP contribution in [-0.2, 0) is 20.9 Å². The summed E-state index contributed by atoms with van der Waals surface area (Å²) in [5.74, 6) is -1.51. The maximum atomic E-state index is 11.5. The van der Waals surface area contributed by atoms with Gasteiger partial charge in [0.05, 0.1) is 20.8 Å². The van der Waals surface area contributed by atoms with Crippen LogP contribution in [0, 0.1) is 0 Å². The molecular formula is C13H16N2O5. The van der Waals surface area contributed by atoms with E-state index in [0.717, 1.165) is 12.7 Å². The fourth-order valence-corrected chi connectivity index (χ4v) is 1.42. The average Bonchev–Trinajstić information content (AvgIpc) is 2.47. The molecule has 0 aliphatic rings. The summed E-state index contributed by atoms with van der Waals surface area (Å²) >= 11 is 0. The fourth-order valence-electron chi connectivity index (χ4n) is 1.42. The fraction of sp³-hybridized carbons (Fsp3) is 0.308. The van der Waals surface area contributed by atoms with Crippen molar-refractivity contribution in [2.45, 2.75) is 12.6 Å². The summed E-state index contributed by atoms with van der Waals surface area (Å²) in [6, 6.07) is 5.47. The maximum Gasteiger partial charge on any atom is 0.354 e. The van der Waals surface area contributed by atoms with Crippen LogP contribution in [0.25, 0.3) is 0 Å². The second-order valence-corrected chi connectivity index (χ2v) is 3.86. The van der Waals surface area contributed by atoms with E-state index in [4.69, 9.17) is 15.6 Å². The van der Waals surface area contributed by atoms with Crippen LogP contribution in [0.15, 0.2) is 29.3 Å². The number of carbonyl (C=O) groups is 2. The molecule has 0 saturated carbocycles. The first-order valence-electron chi connectivity index (χ1n) is 5.73. The molecule has 0 bridgehead atoms. The summed E-state index contributed by atoms with van der Waals surface area (Å²) in [4.78, 5) is 26.2. The Kier molecular flexibility index (Phi) is 5.67. The molecule has 0 aliphatic carbocycles. The smallest absolute Gasteiger partial charge is 0.354 e. The quantitative estimate of drug-likeness (QED) is 0.569. The van der Waals surface area contributed by atoms with Crippen LogP contribution in [-0.4, -0.2) is 43.0 Å². The second-order valence-electron chi connectivity index (χ2n) is 3.86. The SMILES string of the molecule is COC(=O)C(=NCc1ccc(OC)cc1)C(N)C(=O)O. The number of aliphatic carboxylic acids is 1. The number of nitrogens with two attached hydrogens (primary N) is 1. The number of carboxylic acids is 1. The van der Waals surface area contributed by atoms with E-state index < -0.39 is 18.0 Å². The third-order valence-electron chi connectivity index (χ3n) is 2.55. The molecule has 1 aromatic rings. The Morgan fingerprint density at radius 2 is 1.90 bits per heavy atom. The van der Waals surface area contributed by atoms with Crippen molar-refractivity contribution in [3.05, 3.63) is 29.8 Å². The highest BCUT2D eigenvalue weighted by atomic mass is 16.5. The Morgan fingerprint density at radius 1 is 1.30 bits per heavy atom. The van der Waals surface area contributed by atoms with Gasteiger partial charge in [-0.05, 0) is 17.7 Å². The zero-order chi connectivity index (χ0) is 15.1. The average molecular weight is 280 g/mol. The van der Waals surface area contributed by atoms with Crippen LogP contribution in [0.2, 0.25) is 0 Å². The minimum Gasteiger partial charge on any atom is -0.497 e. The first-order chi connectivity index (χ1) is 9.49. The van der Waals surface area contributed by atoms with Gasteiger partial charge in [0.25, 0.3) is 0 Å². The molecule has 1 rings (SSSR count). The molecule has 0 radical (unpaired) electrons. The largest absolute Gasteiger partial charge is 0.497 e. The minimum atomic E-state index is -1.51. The molecular weight excluding hydrogens is 264 g/mol. The van der Waals surface area contributed by atoms with Gasteiger partial charge in [0.1, 0.15) is 11.5 Å². The summed E-state index contributed by atoms with van der Waals surface area (Å²) in [5.41, 5.74) is 5.85. The first-order valence-corrected chi connectivity index (χ1v) is 5.73. The van der Waals surface area contributed by atoms with Gasteiger partial charge in [0.2, 0.25) is 0 Å².